The Morgan fingerprint density at radius 1 is 1.28 bits per heavy atom. The van der Waals surface area contributed by atoms with Gasteiger partial charge in [-0.15, -0.1) is 0 Å². The van der Waals surface area contributed by atoms with Crippen LogP contribution < -0.4 is 15.0 Å². The molecule has 8 nitrogen and oxygen atoms in total. The second-order valence-corrected chi connectivity index (χ2v) is 8.11. The van der Waals surface area contributed by atoms with Crippen LogP contribution in [0.2, 0.25) is 0 Å². The van der Waals surface area contributed by atoms with E-state index in [2.05, 4.69) is 9.97 Å². The minimum Gasteiger partial charge on any atom is -0.494 e. The average molecular weight is 403 g/mol. The van der Waals surface area contributed by atoms with E-state index in [4.69, 9.17) is 14.2 Å². The number of hydrogen-bond donors (Lipinski definition) is 1. The summed E-state index contributed by atoms with van der Waals surface area (Å²) in [6, 6.07) is 3.29. The smallest absolute Gasteiger partial charge is 0.410 e. The number of hydrogen-bond acceptors (Lipinski definition) is 6. The highest BCUT2D eigenvalue weighted by atomic mass is 16.6. The highest BCUT2D eigenvalue weighted by molar-refractivity contribution is 5.85. The number of aromatic amines is 1. The number of carbonyl (C=O) groups excluding carboxylic acids is 1. The van der Waals surface area contributed by atoms with Crippen molar-refractivity contribution in [3.05, 3.63) is 28.8 Å². The lowest BCUT2D eigenvalue weighted by Gasteiger charge is -2.36. The number of ether oxygens (including phenoxy) is 3. The Balaban J connectivity index is 1.83. The molecule has 1 aliphatic heterocycles. The minimum atomic E-state index is -0.555. The van der Waals surface area contributed by atoms with Gasteiger partial charge in [-0.2, -0.15) is 0 Å². The summed E-state index contributed by atoms with van der Waals surface area (Å²) in [6.45, 7) is 8.82. The third-order valence-electron chi connectivity index (χ3n) is 4.68. The Hall–Kier alpha value is -2.77. The monoisotopic (exact) mass is 403 g/mol. The molecular weight excluding hydrogens is 374 g/mol. The molecule has 1 fully saturated rings. The molecule has 0 aliphatic carbocycles. The Kier molecular flexibility index (Phi) is 6.30. The first-order valence-corrected chi connectivity index (χ1v) is 10.0. The van der Waals surface area contributed by atoms with Crippen LogP contribution in [0, 0.1) is 0 Å². The van der Waals surface area contributed by atoms with Crippen molar-refractivity contribution >= 4 is 17.0 Å². The van der Waals surface area contributed by atoms with Crippen LogP contribution in [-0.2, 0) is 4.74 Å². The summed E-state index contributed by atoms with van der Waals surface area (Å²) in [5.74, 6) is 0.982. The van der Waals surface area contributed by atoms with Crippen LogP contribution >= 0.6 is 0 Å². The van der Waals surface area contributed by atoms with Gasteiger partial charge < -0.3 is 24.1 Å². The van der Waals surface area contributed by atoms with E-state index in [1.807, 2.05) is 27.7 Å². The van der Waals surface area contributed by atoms with Crippen LogP contribution in [0.4, 0.5) is 4.79 Å². The molecule has 8 heteroatoms. The number of nitrogens with zero attached hydrogens (tertiary/aromatic N) is 2. The van der Waals surface area contributed by atoms with Crippen molar-refractivity contribution in [2.45, 2.75) is 58.6 Å². The van der Waals surface area contributed by atoms with Gasteiger partial charge in [-0.05, 0) is 47.0 Å². The van der Waals surface area contributed by atoms with Gasteiger partial charge in [-0.3, -0.25) is 4.79 Å². The second-order valence-electron chi connectivity index (χ2n) is 8.11. The van der Waals surface area contributed by atoms with Gasteiger partial charge in [0.05, 0.1) is 24.5 Å². The van der Waals surface area contributed by atoms with Crippen LogP contribution in [0.15, 0.2) is 23.3 Å². The normalized spacial score (nSPS) is 17.2. The van der Waals surface area contributed by atoms with Crippen LogP contribution in [0.1, 0.15) is 47.0 Å². The largest absolute Gasteiger partial charge is 0.494 e. The Morgan fingerprint density at radius 2 is 2.07 bits per heavy atom. The maximum absolute atomic E-state index is 12.6. The van der Waals surface area contributed by atoms with Gasteiger partial charge in [-0.1, -0.05) is 0 Å². The first-order valence-electron chi connectivity index (χ1n) is 10.0. The van der Waals surface area contributed by atoms with Crippen molar-refractivity contribution in [3.8, 4) is 11.5 Å². The molecule has 1 aromatic heterocycles. The molecule has 1 saturated heterocycles. The summed E-state index contributed by atoms with van der Waals surface area (Å²) in [5.41, 5.74) is -0.330. The molecule has 0 saturated carbocycles. The number of fused-ring (bicyclic) bond motifs is 1. The van der Waals surface area contributed by atoms with Crippen LogP contribution in [0.5, 0.6) is 11.5 Å². The van der Waals surface area contributed by atoms with Crippen molar-refractivity contribution in [3.63, 3.8) is 0 Å². The zero-order valence-corrected chi connectivity index (χ0v) is 17.5. The number of carbonyl (C=O) groups is 1. The number of nitrogens with one attached hydrogen (secondary N) is 1. The fraction of sp³-hybridized carbons (Fsp3) is 0.571. The predicted octanol–water partition coefficient (Wildman–Crippen LogP) is 3.49. The quantitative estimate of drug-likeness (QED) is 0.821. The van der Waals surface area contributed by atoms with Gasteiger partial charge in [0.2, 0.25) is 0 Å². The number of rotatable bonds is 5. The molecule has 0 radical (unpaired) electrons. The Morgan fingerprint density at radius 3 is 2.79 bits per heavy atom. The van der Waals surface area contributed by atoms with Crippen molar-refractivity contribution < 1.29 is 19.0 Å². The number of benzene rings is 1. The SMILES string of the molecule is CCOc1cc(OC[C@H]2CCCCN2C(=O)OC(C)(C)C)c2c(=O)[nH]cnc2c1. The number of likely N-dealkylation sites (tertiary alicyclic amines) is 1. The topological polar surface area (TPSA) is 93.7 Å². The molecule has 29 heavy (non-hydrogen) atoms. The lowest BCUT2D eigenvalue weighted by molar-refractivity contribution is 0.00367. The van der Waals surface area contributed by atoms with E-state index < -0.39 is 5.60 Å². The minimum absolute atomic E-state index is 0.125. The van der Waals surface area contributed by atoms with E-state index in [-0.39, 0.29) is 24.3 Å². The lowest BCUT2D eigenvalue weighted by atomic mass is 10.0. The molecule has 1 aliphatic rings. The van der Waals surface area contributed by atoms with Gasteiger partial charge >= 0.3 is 6.09 Å². The van der Waals surface area contributed by atoms with Crippen molar-refractivity contribution in [2.75, 3.05) is 19.8 Å². The summed E-state index contributed by atoms with van der Waals surface area (Å²) in [4.78, 5) is 33.5. The molecule has 1 amide bonds. The molecular formula is C21H29N3O5. The van der Waals surface area contributed by atoms with Crippen LogP contribution in [-0.4, -0.2) is 52.4 Å². The molecule has 2 heterocycles. The Labute approximate surface area is 170 Å². The van der Waals surface area contributed by atoms with Gasteiger partial charge in [0.25, 0.3) is 5.56 Å². The zero-order chi connectivity index (χ0) is 21.0. The van der Waals surface area contributed by atoms with Crippen molar-refractivity contribution in [1.82, 2.24) is 14.9 Å². The summed E-state index contributed by atoms with van der Waals surface area (Å²) in [7, 11) is 0. The molecule has 2 aromatic rings. The third kappa shape index (κ3) is 5.19. The van der Waals surface area contributed by atoms with E-state index in [9.17, 15) is 9.59 Å². The molecule has 1 N–H and O–H groups in total. The van der Waals surface area contributed by atoms with Crippen LogP contribution in [0.25, 0.3) is 10.9 Å². The predicted molar refractivity (Wildman–Crippen MR) is 110 cm³/mol. The van der Waals surface area contributed by atoms with Gasteiger partial charge in [0.15, 0.2) is 0 Å². The fourth-order valence-electron chi connectivity index (χ4n) is 3.42. The summed E-state index contributed by atoms with van der Waals surface area (Å²) < 4.78 is 17.2. The first-order chi connectivity index (χ1) is 13.8. The maximum Gasteiger partial charge on any atom is 0.410 e. The van der Waals surface area contributed by atoms with Crippen molar-refractivity contribution in [2.24, 2.45) is 0 Å². The third-order valence-corrected chi connectivity index (χ3v) is 4.68. The highest BCUT2D eigenvalue weighted by Gasteiger charge is 2.31. The maximum atomic E-state index is 12.6. The number of aromatic nitrogens is 2. The molecule has 1 aromatic carbocycles. The van der Waals surface area contributed by atoms with Crippen LogP contribution in [0.3, 0.4) is 0 Å². The molecule has 3 rings (SSSR count). The molecule has 0 bridgehead atoms. The second kappa shape index (κ2) is 8.71. The summed E-state index contributed by atoms with van der Waals surface area (Å²) in [6.07, 6.45) is 3.78. The molecule has 0 unspecified atom stereocenters. The van der Waals surface area contributed by atoms with Gasteiger partial charge in [-0.25, -0.2) is 9.78 Å². The molecule has 0 spiro atoms. The molecule has 158 valence electrons. The van der Waals surface area contributed by atoms with E-state index in [0.29, 0.717) is 35.6 Å². The molecule has 1 atom stereocenters. The summed E-state index contributed by atoms with van der Waals surface area (Å²) in [5, 5.41) is 0.371. The van der Waals surface area contributed by atoms with E-state index >= 15 is 0 Å². The zero-order valence-electron chi connectivity index (χ0n) is 17.5. The van der Waals surface area contributed by atoms with E-state index in [0.717, 1.165) is 19.3 Å². The first kappa shape index (κ1) is 21.0. The number of amides is 1. The lowest BCUT2D eigenvalue weighted by Crippen LogP contribution is -2.48. The van der Waals surface area contributed by atoms with Gasteiger partial charge in [0.1, 0.15) is 29.1 Å². The van der Waals surface area contributed by atoms with E-state index in [1.54, 1.807) is 17.0 Å². The van der Waals surface area contributed by atoms with Gasteiger partial charge in [0, 0.05) is 18.7 Å². The number of piperidine rings is 1. The number of H-pyrrole nitrogens is 1. The van der Waals surface area contributed by atoms with Crippen molar-refractivity contribution in [1.29, 1.82) is 0 Å². The Bertz CT molecular complexity index is 919. The summed E-state index contributed by atoms with van der Waals surface area (Å²) >= 11 is 0. The standard InChI is InChI=1S/C21H29N3O5/c1-5-27-15-10-16-18(19(25)23-13-22-16)17(11-15)28-12-14-8-6-7-9-24(14)20(26)29-21(2,3)4/h10-11,13-14H,5-9,12H2,1-4H3,(H,22,23,25)/t14-/m1/s1. The highest BCUT2D eigenvalue weighted by Crippen LogP contribution is 2.29. The van der Waals surface area contributed by atoms with E-state index in [1.165, 1.54) is 6.33 Å². The average Bonchev–Trinajstić information content (AvgIpc) is 2.65. The fourth-order valence-corrected chi connectivity index (χ4v) is 3.42.